The van der Waals surface area contributed by atoms with Gasteiger partial charge in [-0.2, -0.15) is 13.2 Å². The maximum atomic E-state index is 13.1. The molecule has 0 atom stereocenters. The summed E-state index contributed by atoms with van der Waals surface area (Å²) in [5.41, 5.74) is 0.833. The Labute approximate surface area is 173 Å². The number of hydrogen-bond acceptors (Lipinski definition) is 2. The summed E-state index contributed by atoms with van der Waals surface area (Å²) in [4.78, 5) is 14.8. The number of nitrogens with one attached hydrogen (secondary N) is 1. The highest BCUT2D eigenvalue weighted by Gasteiger charge is 2.39. The largest absolute Gasteiger partial charge is 0.417 e. The van der Waals surface area contributed by atoms with Crippen LogP contribution in [-0.2, 0) is 18.3 Å². The van der Waals surface area contributed by atoms with Crippen LogP contribution in [-0.4, -0.2) is 24.9 Å². The van der Waals surface area contributed by atoms with E-state index in [2.05, 4.69) is 30.4 Å². The molecule has 2 aromatic carbocycles. The maximum absolute atomic E-state index is 13.1. The summed E-state index contributed by atoms with van der Waals surface area (Å²) in [6, 6.07) is 11.3. The zero-order chi connectivity index (χ0) is 21.2. The van der Waals surface area contributed by atoms with Gasteiger partial charge >= 0.3 is 6.18 Å². The second-order valence-corrected chi connectivity index (χ2v) is 8.02. The molecule has 7 heteroatoms. The van der Waals surface area contributed by atoms with Crippen molar-refractivity contribution in [3.63, 3.8) is 0 Å². The molecule has 1 saturated carbocycles. The lowest BCUT2D eigenvalue weighted by Crippen LogP contribution is -2.40. The van der Waals surface area contributed by atoms with Crippen molar-refractivity contribution in [3.05, 3.63) is 69.7 Å². The SMILES string of the molecule is CN(C)C1(c2ccccc2CNC(=O)c2cccc(C(F)(F)F)c2Cl)CCCC1. The van der Waals surface area contributed by atoms with Gasteiger partial charge in [0.15, 0.2) is 0 Å². The van der Waals surface area contributed by atoms with Crippen LogP contribution in [0.5, 0.6) is 0 Å². The van der Waals surface area contributed by atoms with Gasteiger partial charge in [0.05, 0.1) is 16.1 Å². The Balaban J connectivity index is 1.84. The molecule has 0 aromatic heterocycles. The molecule has 0 heterocycles. The Morgan fingerprint density at radius 3 is 2.38 bits per heavy atom. The molecular weight excluding hydrogens is 401 g/mol. The second-order valence-electron chi connectivity index (χ2n) is 7.64. The van der Waals surface area contributed by atoms with Crippen molar-refractivity contribution in [1.82, 2.24) is 10.2 Å². The van der Waals surface area contributed by atoms with Crippen LogP contribution in [0.2, 0.25) is 5.02 Å². The van der Waals surface area contributed by atoms with E-state index in [1.54, 1.807) is 0 Å². The van der Waals surface area contributed by atoms with Crippen molar-refractivity contribution in [1.29, 1.82) is 0 Å². The summed E-state index contributed by atoms with van der Waals surface area (Å²) in [5, 5.41) is 2.17. The smallest absolute Gasteiger partial charge is 0.348 e. The van der Waals surface area contributed by atoms with Gasteiger partial charge in [0.1, 0.15) is 0 Å². The predicted octanol–water partition coefficient (Wildman–Crippen LogP) is 5.62. The molecule has 1 aliphatic rings. The van der Waals surface area contributed by atoms with E-state index < -0.39 is 22.7 Å². The number of benzene rings is 2. The van der Waals surface area contributed by atoms with Gasteiger partial charge in [-0.15, -0.1) is 0 Å². The summed E-state index contributed by atoms with van der Waals surface area (Å²) in [6.07, 6.45) is -0.271. The first-order valence-corrected chi connectivity index (χ1v) is 9.94. The minimum absolute atomic E-state index is 0.0881. The van der Waals surface area contributed by atoms with Gasteiger partial charge in [-0.1, -0.05) is 54.8 Å². The quantitative estimate of drug-likeness (QED) is 0.675. The lowest BCUT2D eigenvalue weighted by molar-refractivity contribution is -0.137. The summed E-state index contributed by atoms with van der Waals surface area (Å²) in [5.74, 6) is -0.624. The van der Waals surface area contributed by atoms with E-state index >= 15 is 0 Å². The number of carbonyl (C=O) groups is 1. The summed E-state index contributed by atoms with van der Waals surface area (Å²) in [7, 11) is 4.12. The molecule has 1 aliphatic carbocycles. The summed E-state index contributed by atoms with van der Waals surface area (Å²) >= 11 is 5.88. The molecule has 0 saturated heterocycles. The van der Waals surface area contributed by atoms with Crippen LogP contribution in [0.4, 0.5) is 13.2 Å². The first-order chi connectivity index (χ1) is 13.7. The van der Waals surface area contributed by atoms with Gasteiger partial charge in [-0.05, 0) is 50.2 Å². The Bertz CT molecular complexity index is 890. The van der Waals surface area contributed by atoms with Gasteiger partial charge in [-0.3, -0.25) is 9.69 Å². The third kappa shape index (κ3) is 4.28. The van der Waals surface area contributed by atoms with Crippen molar-refractivity contribution in [2.45, 2.75) is 43.9 Å². The number of halogens is 4. The van der Waals surface area contributed by atoms with Gasteiger partial charge in [0, 0.05) is 12.1 Å². The Morgan fingerprint density at radius 2 is 1.76 bits per heavy atom. The average molecular weight is 425 g/mol. The molecule has 3 nitrogen and oxygen atoms in total. The molecule has 3 rings (SSSR count). The molecule has 1 N–H and O–H groups in total. The Kier molecular flexibility index (Phi) is 6.24. The summed E-state index contributed by atoms with van der Waals surface area (Å²) in [6.45, 7) is 0.219. The van der Waals surface area contributed by atoms with E-state index in [0.29, 0.717) is 0 Å². The minimum atomic E-state index is -4.61. The molecule has 0 aliphatic heterocycles. The molecule has 2 aromatic rings. The van der Waals surface area contributed by atoms with Crippen LogP contribution in [0, 0.1) is 0 Å². The topological polar surface area (TPSA) is 32.3 Å². The van der Waals surface area contributed by atoms with Crippen molar-refractivity contribution < 1.29 is 18.0 Å². The average Bonchev–Trinajstić information content (AvgIpc) is 3.17. The first-order valence-electron chi connectivity index (χ1n) is 9.56. The van der Waals surface area contributed by atoms with E-state index in [0.717, 1.165) is 42.9 Å². The lowest BCUT2D eigenvalue weighted by Gasteiger charge is -2.38. The van der Waals surface area contributed by atoms with Crippen LogP contribution < -0.4 is 5.32 Å². The summed E-state index contributed by atoms with van der Waals surface area (Å²) < 4.78 is 39.2. The van der Waals surface area contributed by atoms with E-state index in [-0.39, 0.29) is 17.6 Å². The monoisotopic (exact) mass is 424 g/mol. The number of nitrogens with zero attached hydrogens (tertiary/aromatic N) is 1. The molecule has 1 amide bonds. The molecular formula is C22H24ClF3N2O. The molecule has 156 valence electrons. The van der Waals surface area contributed by atoms with Crippen LogP contribution in [0.15, 0.2) is 42.5 Å². The fraction of sp³-hybridized carbons (Fsp3) is 0.409. The highest BCUT2D eigenvalue weighted by molar-refractivity contribution is 6.34. The van der Waals surface area contributed by atoms with Gasteiger partial charge in [0.25, 0.3) is 5.91 Å². The third-order valence-electron chi connectivity index (χ3n) is 5.79. The van der Waals surface area contributed by atoms with Crippen LogP contribution in [0.1, 0.15) is 52.7 Å². The highest BCUT2D eigenvalue weighted by atomic mass is 35.5. The molecule has 0 bridgehead atoms. The van der Waals surface area contributed by atoms with E-state index in [1.165, 1.54) is 12.1 Å². The highest BCUT2D eigenvalue weighted by Crippen LogP contribution is 2.44. The standard InChI is InChI=1S/C22H24ClF3N2O/c1-28(2)21(12-5-6-13-21)17-10-4-3-8-15(17)14-27-20(29)16-9-7-11-18(19(16)23)22(24,25)26/h3-4,7-11H,5-6,12-14H2,1-2H3,(H,27,29). The zero-order valence-corrected chi connectivity index (χ0v) is 17.2. The molecule has 29 heavy (non-hydrogen) atoms. The van der Waals surface area contributed by atoms with E-state index in [9.17, 15) is 18.0 Å². The molecule has 1 fully saturated rings. The fourth-order valence-corrected chi connectivity index (χ4v) is 4.56. The van der Waals surface area contributed by atoms with Crippen molar-refractivity contribution in [3.8, 4) is 0 Å². The first kappa shape index (κ1) is 21.7. The number of hydrogen-bond donors (Lipinski definition) is 1. The maximum Gasteiger partial charge on any atom is 0.417 e. The van der Waals surface area contributed by atoms with Crippen molar-refractivity contribution in [2.24, 2.45) is 0 Å². The van der Waals surface area contributed by atoms with E-state index in [1.807, 2.05) is 18.2 Å². The van der Waals surface area contributed by atoms with Gasteiger partial charge in [-0.25, -0.2) is 0 Å². The fourth-order valence-electron chi connectivity index (χ4n) is 4.24. The Morgan fingerprint density at radius 1 is 1.10 bits per heavy atom. The number of alkyl halides is 3. The normalized spacial score (nSPS) is 16.2. The minimum Gasteiger partial charge on any atom is -0.348 e. The number of amides is 1. The van der Waals surface area contributed by atoms with Gasteiger partial charge in [0.2, 0.25) is 0 Å². The van der Waals surface area contributed by atoms with Crippen LogP contribution in [0.3, 0.4) is 0 Å². The van der Waals surface area contributed by atoms with E-state index in [4.69, 9.17) is 11.6 Å². The van der Waals surface area contributed by atoms with Crippen LogP contribution >= 0.6 is 11.6 Å². The predicted molar refractivity (Wildman–Crippen MR) is 108 cm³/mol. The zero-order valence-electron chi connectivity index (χ0n) is 16.4. The Hall–Kier alpha value is -2.05. The molecule has 0 unspecified atom stereocenters. The van der Waals surface area contributed by atoms with Crippen molar-refractivity contribution in [2.75, 3.05) is 14.1 Å². The van der Waals surface area contributed by atoms with Crippen molar-refractivity contribution >= 4 is 17.5 Å². The van der Waals surface area contributed by atoms with Crippen LogP contribution in [0.25, 0.3) is 0 Å². The third-order valence-corrected chi connectivity index (χ3v) is 6.20. The molecule has 0 radical (unpaired) electrons. The number of carbonyl (C=O) groups excluding carboxylic acids is 1. The molecule has 0 spiro atoms. The van der Waals surface area contributed by atoms with Gasteiger partial charge < -0.3 is 5.32 Å². The lowest BCUT2D eigenvalue weighted by atomic mass is 9.83. The number of rotatable bonds is 5. The second kappa shape index (κ2) is 8.36.